The van der Waals surface area contributed by atoms with Crippen LogP contribution in [0, 0.1) is 11.7 Å². The zero-order valence-electron chi connectivity index (χ0n) is 27.8. The van der Waals surface area contributed by atoms with Gasteiger partial charge in [0, 0.05) is 18.2 Å². The molecule has 0 saturated carbocycles. The van der Waals surface area contributed by atoms with Gasteiger partial charge in [-0.15, -0.1) is 0 Å². The van der Waals surface area contributed by atoms with Gasteiger partial charge in [-0.05, 0) is 61.5 Å². The van der Waals surface area contributed by atoms with E-state index < -0.39 is 83.4 Å². The average molecular weight is 717 g/mol. The smallest absolute Gasteiger partial charge is 0.251 e. The first-order chi connectivity index (χ1) is 23.3. The first kappa shape index (κ1) is 37.6. The molecule has 12 nitrogen and oxygen atoms in total. The first-order valence-electron chi connectivity index (χ1n) is 16.1. The standard InChI is InChI=1S/C34H42ClFN6O6S/c1-18(2)29-34(48)42-17-22(38-31(45)21-10-11-24(36)23(35)14-21)15-27(42)33(47)37-19(3)30(44)40-26(20-8-6-5-7-9-20)16-28(43)39-25(12-13-49-4)32(46)41-29/h5-11,14,18-19,22,25-27,29H,12-13,15-17H2,1-4H3,(H,37,47)(H,38,45)(H,39,43)(H,40,44)(H,41,46)/t19-,22-,25-,26-,27-,29-/m0/s1. The van der Waals surface area contributed by atoms with Crippen molar-refractivity contribution < 1.29 is 33.2 Å². The third kappa shape index (κ3) is 9.72. The molecule has 4 rings (SSSR count). The lowest BCUT2D eigenvalue weighted by Crippen LogP contribution is -2.59. The molecule has 6 atom stereocenters. The van der Waals surface area contributed by atoms with Crippen molar-refractivity contribution in [3.05, 3.63) is 70.5 Å². The SMILES string of the molecule is CSCC[C@@H]1NC(=O)C[C@@H](c2ccccc2)NC(=O)[C@H](C)NC(=O)[C@@H]2C[C@H](NC(=O)c3ccc(F)c(Cl)c3)CN2C(=O)[C@H](C(C)C)NC1=O. The number of hydrogen-bond donors (Lipinski definition) is 5. The molecule has 0 aliphatic carbocycles. The van der Waals surface area contributed by atoms with Crippen LogP contribution in [-0.2, 0) is 24.0 Å². The molecule has 0 bridgehead atoms. The quantitative estimate of drug-likeness (QED) is 0.294. The van der Waals surface area contributed by atoms with Gasteiger partial charge in [0.2, 0.25) is 29.5 Å². The minimum Gasteiger partial charge on any atom is -0.347 e. The molecule has 5 N–H and O–H groups in total. The van der Waals surface area contributed by atoms with E-state index in [-0.39, 0.29) is 36.4 Å². The molecule has 0 spiro atoms. The van der Waals surface area contributed by atoms with Gasteiger partial charge in [0.05, 0.1) is 17.5 Å². The fraction of sp³-hybridized carbons (Fsp3) is 0.471. The van der Waals surface area contributed by atoms with Gasteiger partial charge in [-0.25, -0.2) is 4.39 Å². The number of benzene rings is 2. The molecule has 0 radical (unpaired) electrons. The second kappa shape index (κ2) is 17.0. The van der Waals surface area contributed by atoms with Gasteiger partial charge >= 0.3 is 0 Å². The van der Waals surface area contributed by atoms with Gasteiger partial charge in [0.25, 0.3) is 5.91 Å². The number of halogens is 2. The third-order valence-electron chi connectivity index (χ3n) is 8.56. The molecule has 2 aliphatic rings. The van der Waals surface area contributed by atoms with Crippen molar-refractivity contribution in [2.24, 2.45) is 5.92 Å². The van der Waals surface area contributed by atoms with Gasteiger partial charge in [0.15, 0.2) is 0 Å². The largest absolute Gasteiger partial charge is 0.347 e. The van der Waals surface area contributed by atoms with E-state index in [2.05, 4.69) is 26.6 Å². The van der Waals surface area contributed by atoms with Crippen LogP contribution in [0.25, 0.3) is 0 Å². The van der Waals surface area contributed by atoms with Crippen LogP contribution in [0.2, 0.25) is 5.02 Å². The van der Waals surface area contributed by atoms with Crippen LogP contribution in [0.5, 0.6) is 0 Å². The molecular weight excluding hydrogens is 675 g/mol. The summed E-state index contributed by atoms with van der Waals surface area (Å²) in [5, 5.41) is 13.7. The summed E-state index contributed by atoms with van der Waals surface area (Å²) < 4.78 is 13.7. The van der Waals surface area contributed by atoms with Gasteiger partial charge < -0.3 is 31.5 Å². The highest BCUT2D eigenvalue weighted by molar-refractivity contribution is 7.98. The number of hydrogen-bond acceptors (Lipinski definition) is 7. The molecule has 2 heterocycles. The predicted molar refractivity (Wildman–Crippen MR) is 184 cm³/mol. The van der Waals surface area contributed by atoms with Gasteiger partial charge in [0.1, 0.15) is 30.0 Å². The fourth-order valence-corrected chi connectivity index (χ4v) is 6.49. The summed E-state index contributed by atoms with van der Waals surface area (Å²) >= 11 is 7.36. The van der Waals surface area contributed by atoms with E-state index in [1.165, 1.54) is 35.7 Å². The molecule has 0 aromatic heterocycles. The van der Waals surface area contributed by atoms with Crippen molar-refractivity contribution in [2.45, 2.75) is 76.3 Å². The number of amides is 6. The summed E-state index contributed by atoms with van der Waals surface area (Å²) in [6.07, 6.45) is 1.98. The molecule has 2 saturated heterocycles. The zero-order valence-corrected chi connectivity index (χ0v) is 29.3. The first-order valence-corrected chi connectivity index (χ1v) is 17.9. The van der Waals surface area contributed by atoms with Crippen molar-refractivity contribution in [2.75, 3.05) is 18.6 Å². The molecular formula is C34H42ClFN6O6S. The summed E-state index contributed by atoms with van der Waals surface area (Å²) in [4.78, 5) is 82.8. The Kier molecular flexibility index (Phi) is 13.0. The fourth-order valence-electron chi connectivity index (χ4n) is 5.84. The average Bonchev–Trinajstić information content (AvgIpc) is 3.49. The highest BCUT2D eigenvalue weighted by Crippen LogP contribution is 2.24. The van der Waals surface area contributed by atoms with Crippen LogP contribution in [-0.4, -0.2) is 89.1 Å². The van der Waals surface area contributed by atoms with Crippen molar-refractivity contribution in [3.63, 3.8) is 0 Å². The van der Waals surface area contributed by atoms with Crippen molar-refractivity contribution in [1.29, 1.82) is 0 Å². The van der Waals surface area contributed by atoms with Crippen LogP contribution >= 0.6 is 23.4 Å². The lowest BCUT2D eigenvalue weighted by molar-refractivity contribution is -0.143. The van der Waals surface area contributed by atoms with E-state index in [1.807, 2.05) is 6.26 Å². The predicted octanol–water partition coefficient (Wildman–Crippen LogP) is 2.32. The molecule has 6 amide bonds. The summed E-state index contributed by atoms with van der Waals surface area (Å²) in [7, 11) is 0. The van der Waals surface area contributed by atoms with E-state index in [4.69, 9.17) is 11.6 Å². The number of rotatable bonds is 7. The second-order valence-electron chi connectivity index (χ2n) is 12.6. The molecule has 2 aliphatic heterocycles. The lowest BCUT2D eigenvalue weighted by Gasteiger charge is -2.32. The molecule has 2 aromatic rings. The van der Waals surface area contributed by atoms with Crippen LogP contribution in [0.3, 0.4) is 0 Å². The van der Waals surface area contributed by atoms with E-state index in [1.54, 1.807) is 44.2 Å². The highest BCUT2D eigenvalue weighted by Gasteiger charge is 2.44. The van der Waals surface area contributed by atoms with Crippen molar-refractivity contribution >= 4 is 58.8 Å². The van der Waals surface area contributed by atoms with Crippen molar-refractivity contribution in [1.82, 2.24) is 31.5 Å². The van der Waals surface area contributed by atoms with E-state index in [0.29, 0.717) is 11.3 Å². The number of fused-ring (bicyclic) bond motifs is 1. The topological polar surface area (TPSA) is 166 Å². The summed E-state index contributed by atoms with van der Waals surface area (Å²) in [5.74, 6) is -3.94. The van der Waals surface area contributed by atoms with Crippen molar-refractivity contribution in [3.8, 4) is 0 Å². The van der Waals surface area contributed by atoms with E-state index in [9.17, 15) is 33.2 Å². The van der Waals surface area contributed by atoms with Gasteiger partial charge in [-0.3, -0.25) is 28.8 Å². The summed E-state index contributed by atoms with van der Waals surface area (Å²) in [6, 6.07) is 6.71. The number of thioether (sulfide) groups is 1. The van der Waals surface area contributed by atoms with Gasteiger partial charge in [-0.1, -0.05) is 55.8 Å². The molecule has 2 fully saturated rings. The highest BCUT2D eigenvalue weighted by atomic mass is 35.5. The van der Waals surface area contributed by atoms with Crippen LogP contribution in [0.4, 0.5) is 4.39 Å². The zero-order chi connectivity index (χ0) is 35.8. The lowest BCUT2D eigenvalue weighted by atomic mass is 10.0. The Morgan fingerprint density at radius 3 is 2.37 bits per heavy atom. The Hall–Kier alpha value is -4.17. The minimum atomic E-state index is -1.10. The monoisotopic (exact) mass is 716 g/mol. The Balaban J connectivity index is 1.67. The number of carbonyl (C=O) groups is 6. The maximum Gasteiger partial charge on any atom is 0.251 e. The van der Waals surface area contributed by atoms with Gasteiger partial charge in [-0.2, -0.15) is 11.8 Å². The van der Waals surface area contributed by atoms with E-state index >= 15 is 0 Å². The van der Waals surface area contributed by atoms with E-state index in [0.717, 1.165) is 6.07 Å². The molecule has 0 unspecified atom stereocenters. The second-order valence-corrected chi connectivity index (χ2v) is 14.0. The maximum absolute atomic E-state index is 14.2. The third-order valence-corrected chi connectivity index (χ3v) is 9.49. The Labute approximate surface area is 294 Å². The van der Waals surface area contributed by atoms with Crippen LogP contribution in [0.15, 0.2) is 48.5 Å². The summed E-state index contributed by atoms with van der Waals surface area (Å²) in [5.41, 5.74) is 0.746. The maximum atomic E-state index is 14.2. The molecule has 15 heteroatoms. The number of nitrogens with one attached hydrogen (secondary N) is 5. The molecule has 49 heavy (non-hydrogen) atoms. The summed E-state index contributed by atoms with van der Waals surface area (Å²) in [6.45, 7) is 4.90. The normalized spacial score (nSPS) is 25.6. The van der Waals surface area contributed by atoms with Crippen LogP contribution < -0.4 is 26.6 Å². The molecule has 2 aromatic carbocycles. The number of nitrogens with zero attached hydrogens (tertiary/aromatic N) is 1. The Morgan fingerprint density at radius 1 is 1.00 bits per heavy atom. The number of carbonyl (C=O) groups excluding carboxylic acids is 6. The van der Waals surface area contributed by atoms with Crippen LogP contribution in [0.1, 0.15) is 62.0 Å². The Morgan fingerprint density at radius 2 is 1.71 bits per heavy atom. The Bertz CT molecular complexity index is 1560. The minimum absolute atomic E-state index is 0.00435. The molecule has 264 valence electrons.